The molecule has 0 bridgehead atoms. The molecule has 0 atom stereocenters. The highest BCUT2D eigenvalue weighted by Crippen LogP contribution is 2.27. The summed E-state index contributed by atoms with van der Waals surface area (Å²) in [6, 6.07) is 14.0. The molecule has 2 heterocycles. The van der Waals surface area contributed by atoms with E-state index < -0.39 is 0 Å². The van der Waals surface area contributed by atoms with Crippen LogP contribution in [0.4, 0.5) is 0 Å². The Bertz CT molecular complexity index is 679. The molecule has 0 spiro atoms. The third kappa shape index (κ3) is 3.00. The van der Waals surface area contributed by atoms with Crippen LogP contribution in [0.2, 0.25) is 5.02 Å². The second kappa shape index (κ2) is 5.51. The topological polar surface area (TPSA) is 25.8 Å². The van der Waals surface area contributed by atoms with E-state index in [4.69, 9.17) is 11.6 Å². The Labute approximate surface area is 120 Å². The van der Waals surface area contributed by atoms with Gasteiger partial charge in [-0.3, -0.25) is 0 Å². The number of hydrogen-bond donors (Lipinski definition) is 0. The van der Waals surface area contributed by atoms with Crippen LogP contribution < -0.4 is 0 Å². The molecule has 0 radical (unpaired) electrons. The van der Waals surface area contributed by atoms with Crippen LogP contribution >= 0.6 is 22.9 Å². The summed E-state index contributed by atoms with van der Waals surface area (Å²) in [5, 5.41) is 0.778. The fraction of sp³-hybridized carbons (Fsp3) is 0.0667. The minimum Gasteiger partial charge on any atom is -0.236 e. The van der Waals surface area contributed by atoms with E-state index in [1.54, 1.807) is 23.7 Å². The highest BCUT2D eigenvalue weighted by atomic mass is 35.5. The number of hydrogen-bond acceptors (Lipinski definition) is 3. The lowest BCUT2D eigenvalue weighted by atomic mass is 10.1. The van der Waals surface area contributed by atoms with Crippen LogP contribution in [0, 0.1) is 0 Å². The largest absolute Gasteiger partial charge is 0.236 e. The Morgan fingerprint density at radius 2 is 1.84 bits per heavy atom. The summed E-state index contributed by atoms with van der Waals surface area (Å²) in [5.41, 5.74) is 1.22. The molecule has 2 aromatic heterocycles. The van der Waals surface area contributed by atoms with Gasteiger partial charge in [-0.05, 0) is 35.9 Å². The molecule has 0 saturated heterocycles. The lowest BCUT2D eigenvalue weighted by Gasteiger charge is -1.99. The second-order valence-corrected chi connectivity index (χ2v) is 5.75. The molecular formula is C15H11ClN2S. The fourth-order valence-corrected chi connectivity index (χ4v) is 3.07. The first-order valence-electron chi connectivity index (χ1n) is 5.92. The van der Waals surface area contributed by atoms with Gasteiger partial charge in [0.2, 0.25) is 0 Å². The maximum absolute atomic E-state index is 6.00. The zero-order valence-electron chi connectivity index (χ0n) is 10.1. The van der Waals surface area contributed by atoms with E-state index in [0.717, 1.165) is 22.1 Å². The van der Waals surface area contributed by atoms with E-state index in [2.05, 4.69) is 28.2 Å². The van der Waals surface area contributed by atoms with Crippen molar-refractivity contribution in [2.24, 2.45) is 0 Å². The molecule has 0 N–H and O–H groups in total. The van der Waals surface area contributed by atoms with Gasteiger partial charge in [0.05, 0.1) is 4.88 Å². The van der Waals surface area contributed by atoms with Crippen molar-refractivity contribution >= 4 is 22.9 Å². The molecule has 19 heavy (non-hydrogen) atoms. The molecule has 0 aliphatic carbocycles. The van der Waals surface area contributed by atoms with E-state index in [1.807, 2.05) is 24.3 Å². The van der Waals surface area contributed by atoms with Crippen LogP contribution in [0.5, 0.6) is 0 Å². The van der Waals surface area contributed by atoms with Crippen LogP contribution in [-0.4, -0.2) is 9.97 Å². The van der Waals surface area contributed by atoms with Crippen molar-refractivity contribution in [1.29, 1.82) is 0 Å². The van der Waals surface area contributed by atoms with Gasteiger partial charge in [-0.15, -0.1) is 11.3 Å². The molecule has 3 aromatic rings. The molecule has 0 aliphatic rings. The van der Waals surface area contributed by atoms with Crippen molar-refractivity contribution in [3.8, 4) is 10.7 Å². The van der Waals surface area contributed by atoms with Crippen molar-refractivity contribution < 1.29 is 0 Å². The highest BCUT2D eigenvalue weighted by molar-refractivity contribution is 7.15. The minimum absolute atomic E-state index is 0.778. The number of halogens is 1. The van der Waals surface area contributed by atoms with Gasteiger partial charge in [-0.2, -0.15) is 0 Å². The number of thiophene rings is 1. The van der Waals surface area contributed by atoms with Gasteiger partial charge in [-0.25, -0.2) is 9.97 Å². The summed E-state index contributed by atoms with van der Waals surface area (Å²) in [4.78, 5) is 10.9. The summed E-state index contributed by atoms with van der Waals surface area (Å²) in [5.74, 6) is 0.782. The summed E-state index contributed by atoms with van der Waals surface area (Å²) >= 11 is 7.71. The standard InChI is InChI=1S/C15H11ClN2S/c16-12-4-1-3-11(9-12)10-13-5-6-14(19-13)15-17-7-2-8-18-15/h1-9H,10H2. The lowest BCUT2D eigenvalue weighted by Crippen LogP contribution is -1.83. The monoisotopic (exact) mass is 286 g/mol. The summed E-state index contributed by atoms with van der Waals surface area (Å²) in [7, 11) is 0. The number of rotatable bonds is 3. The predicted octanol–water partition coefficient (Wildman–Crippen LogP) is 4.45. The first-order chi connectivity index (χ1) is 9.31. The van der Waals surface area contributed by atoms with Gasteiger partial charge >= 0.3 is 0 Å². The first-order valence-corrected chi connectivity index (χ1v) is 7.11. The fourth-order valence-electron chi connectivity index (χ4n) is 1.87. The van der Waals surface area contributed by atoms with E-state index in [9.17, 15) is 0 Å². The van der Waals surface area contributed by atoms with Gasteiger partial charge in [-0.1, -0.05) is 23.7 Å². The Morgan fingerprint density at radius 1 is 1.00 bits per heavy atom. The number of benzene rings is 1. The van der Waals surface area contributed by atoms with Crippen LogP contribution in [-0.2, 0) is 6.42 Å². The quantitative estimate of drug-likeness (QED) is 0.711. The predicted molar refractivity (Wildman–Crippen MR) is 79.6 cm³/mol. The zero-order chi connectivity index (χ0) is 13.1. The van der Waals surface area contributed by atoms with Gasteiger partial charge in [0.1, 0.15) is 0 Å². The van der Waals surface area contributed by atoms with Crippen LogP contribution in [0.25, 0.3) is 10.7 Å². The Morgan fingerprint density at radius 3 is 2.63 bits per heavy atom. The Hall–Kier alpha value is -1.71. The molecule has 2 nitrogen and oxygen atoms in total. The van der Waals surface area contributed by atoms with Crippen LogP contribution in [0.15, 0.2) is 54.9 Å². The smallest absolute Gasteiger partial charge is 0.169 e. The zero-order valence-corrected chi connectivity index (χ0v) is 11.7. The summed E-state index contributed by atoms with van der Waals surface area (Å²) in [6.07, 6.45) is 4.41. The maximum atomic E-state index is 6.00. The molecule has 94 valence electrons. The SMILES string of the molecule is Clc1cccc(Cc2ccc(-c3ncccn3)s2)c1. The molecular weight excluding hydrogens is 276 g/mol. The van der Waals surface area contributed by atoms with E-state index in [1.165, 1.54) is 10.4 Å². The van der Waals surface area contributed by atoms with Crippen molar-refractivity contribution in [2.45, 2.75) is 6.42 Å². The van der Waals surface area contributed by atoms with Gasteiger partial charge in [0.25, 0.3) is 0 Å². The van der Waals surface area contributed by atoms with E-state index in [0.29, 0.717) is 0 Å². The lowest BCUT2D eigenvalue weighted by molar-refractivity contribution is 1.19. The molecule has 0 fully saturated rings. The molecule has 1 aromatic carbocycles. The molecule has 0 amide bonds. The van der Waals surface area contributed by atoms with E-state index in [-0.39, 0.29) is 0 Å². The first kappa shape index (κ1) is 12.3. The van der Waals surface area contributed by atoms with Gasteiger partial charge < -0.3 is 0 Å². The Balaban J connectivity index is 1.82. The molecule has 0 saturated carbocycles. The van der Waals surface area contributed by atoms with Crippen LogP contribution in [0.1, 0.15) is 10.4 Å². The molecule has 0 unspecified atom stereocenters. The van der Waals surface area contributed by atoms with Gasteiger partial charge in [0.15, 0.2) is 5.82 Å². The molecule has 4 heteroatoms. The average molecular weight is 287 g/mol. The highest BCUT2D eigenvalue weighted by Gasteiger charge is 2.05. The average Bonchev–Trinajstić information content (AvgIpc) is 2.88. The number of aromatic nitrogens is 2. The normalized spacial score (nSPS) is 10.6. The third-order valence-electron chi connectivity index (χ3n) is 2.72. The number of nitrogens with zero attached hydrogens (tertiary/aromatic N) is 2. The van der Waals surface area contributed by atoms with Crippen molar-refractivity contribution in [3.05, 3.63) is 70.3 Å². The second-order valence-electron chi connectivity index (χ2n) is 4.15. The van der Waals surface area contributed by atoms with Crippen molar-refractivity contribution in [1.82, 2.24) is 9.97 Å². The maximum Gasteiger partial charge on any atom is 0.169 e. The molecule has 3 rings (SSSR count). The van der Waals surface area contributed by atoms with Crippen molar-refractivity contribution in [2.75, 3.05) is 0 Å². The molecule has 0 aliphatic heterocycles. The van der Waals surface area contributed by atoms with E-state index >= 15 is 0 Å². The van der Waals surface area contributed by atoms with Gasteiger partial charge in [0, 0.05) is 28.7 Å². The van der Waals surface area contributed by atoms with Crippen molar-refractivity contribution in [3.63, 3.8) is 0 Å². The van der Waals surface area contributed by atoms with Crippen LogP contribution in [0.3, 0.4) is 0 Å². The third-order valence-corrected chi connectivity index (χ3v) is 4.03. The summed E-state index contributed by atoms with van der Waals surface area (Å²) in [6.45, 7) is 0. The minimum atomic E-state index is 0.778. The summed E-state index contributed by atoms with van der Waals surface area (Å²) < 4.78 is 0. The Kier molecular flexibility index (Phi) is 3.58.